The van der Waals surface area contributed by atoms with Gasteiger partial charge in [0.25, 0.3) is 11.7 Å². The van der Waals surface area contributed by atoms with Crippen LogP contribution in [0.25, 0.3) is 5.76 Å². The van der Waals surface area contributed by atoms with E-state index < -0.39 is 17.7 Å². The summed E-state index contributed by atoms with van der Waals surface area (Å²) in [5.74, 6) is -1.60. The van der Waals surface area contributed by atoms with Crippen molar-refractivity contribution in [1.29, 1.82) is 0 Å². The number of carbonyl (C=O) groups excluding carboxylic acids is 2. The van der Waals surface area contributed by atoms with E-state index in [0.29, 0.717) is 10.6 Å². The molecule has 2 aromatic rings. The van der Waals surface area contributed by atoms with Crippen LogP contribution < -0.4 is 4.74 Å². The Hall–Kier alpha value is -2.90. The summed E-state index contributed by atoms with van der Waals surface area (Å²) in [6.07, 6.45) is 3.13. The Kier molecular flexibility index (Phi) is 6.20. The number of rotatable bonds is 6. The van der Waals surface area contributed by atoms with Crippen LogP contribution in [-0.4, -0.2) is 54.1 Å². The lowest BCUT2D eigenvalue weighted by Crippen LogP contribution is -2.32. The van der Waals surface area contributed by atoms with Gasteiger partial charge in [-0.25, -0.2) is 0 Å². The molecule has 1 unspecified atom stereocenters. The second-order valence-corrected chi connectivity index (χ2v) is 7.00. The van der Waals surface area contributed by atoms with Crippen LogP contribution in [0.2, 0.25) is 5.02 Å². The first-order chi connectivity index (χ1) is 13.9. The number of aryl methyl sites for hydroxylation is 1. The Morgan fingerprint density at radius 1 is 1.24 bits per heavy atom. The number of aliphatic hydroxyl groups excluding tert-OH is 1. The predicted molar refractivity (Wildman–Crippen MR) is 108 cm³/mol. The summed E-state index contributed by atoms with van der Waals surface area (Å²) in [4.78, 5) is 31.0. The van der Waals surface area contributed by atoms with Crippen LogP contribution in [0.4, 0.5) is 0 Å². The van der Waals surface area contributed by atoms with E-state index in [0.717, 1.165) is 5.56 Å². The third-order valence-electron chi connectivity index (χ3n) is 4.75. The van der Waals surface area contributed by atoms with Crippen molar-refractivity contribution < 1.29 is 24.2 Å². The van der Waals surface area contributed by atoms with Crippen LogP contribution in [0.1, 0.15) is 22.7 Å². The van der Waals surface area contributed by atoms with Crippen molar-refractivity contribution in [2.45, 2.75) is 13.0 Å². The van der Waals surface area contributed by atoms with Gasteiger partial charge in [0.1, 0.15) is 11.5 Å². The highest BCUT2D eigenvalue weighted by atomic mass is 35.5. The lowest BCUT2D eigenvalue weighted by molar-refractivity contribution is -0.140. The predicted octanol–water partition coefficient (Wildman–Crippen LogP) is 3.12. The van der Waals surface area contributed by atoms with Crippen molar-refractivity contribution >= 4 is 29.1 Å². The summed E-state index contributed by atoms with van der Waals surface area (Å²) in [5, 5.41) is 11.4. The summed E-state index contributed by atoms with van der Waals surface area (Å²) in [6.45, 7) is 2.24. The Balaban J connectivity index is 2.24. The van der Waals surface area contributed by atoms with Crippen molar-refractivity contribution in [1.82, 2.24) is 9.88 Å². The minimum absolute atomic E-state index is 0.0303. The van der Waals surface area contributed by atoms with Crippen LogP contribution in [0.5, 0.6) is 5.75 Å². The normalized spacial score (nSPS) is 18.3. The number of nitrogens with zero attached hydrogens (tertiary/aromatic N) is 2. The molecule has 1 aliphatic heterocycles. The number of pyridine rings is 1. The number of hydrogen-bond donors (Lipinski definition) is 1. The number of methoxy groups -OCH3 is 2. The number of likely N-dealkylation sites (tertiary alicyclic amines) is 1. The monoisotopic (exact) mass is 416 g/mol. The maximum atomic E-state index is 12.9. The van der Waals surface area contributed by atoms with Gasteiger partial charge in [-0.15, -0.1) is 0 Å². The largest absolute Gasteiger partial charge is 0.507 e. The first-order valence-corrected chi connectivity index (χ1v) is 9.30. The molecule has 0 aliphatic carbocycles. The van der Waals surface area contributed by atoms with Crippen molar-refractivity contribution in [3.8, 4) is 5.75 Å². The van der Waals surface area contributed by atoms with Crippen molar-refractivity contribution in [2.24, 2.45) is 0 Å². The molecule has 0 saturated carbocycles. The number of benzene rings is 1. The minimum atomic E-state index is -0.780. The molecule has 1 amide bonds. The molecule has 1 aromatic heterocycles. The zero-order valence-corrected chi connectivity index (χ0v) is 17.1. The molecule has 2 heterocycles. The molecule has 1 aliphatic rings. The second-order valence-electron chi connectivity index (χ2n) is 6.59. The van der Waals surface area contributed by atoms with Gasteiger partial charge >= 0.3 is 0 Å². The first kappa shape index (κ1) is 20.8. The van der Waals surface area contributed by atoms with Gasteiger partial charge in [-0.2, -0.15) is 0 Å². The molecule has 1 aromatic carbocycles. The Bertz CT molecular complexity index is 975. The quantitative estimate of drug-likeness (QED) is 0.442. The molecule has 8 heteroatoms. The average Bonchev–Trinajstić information content (AvgIpc) is 2.96. The Morgan fingerprint density at radius 2 is 1.93 bits per heavy atom. The van der Waals surface area contributed by atoms with Gasteiger partial charge in [-0.3, -0.25) is 14.6 Å². The SMILES string of the molecule is COCCN1C(=O)C(=O)/C(=C(/O)c2cc(C)cc(Cl)c2OC)C1c1ccncc1. The molecule has 3 rings (SSSR count). The topological polar surface area (TPSA) is 89.0 Å². The lowest BCUT2D eigenvalue weighted by Gasteiger charge is -2.25. The summed E-state index contributed by atoms with van der Waals surface area (Å²) in [7, 11) is 2.93. The highest BCUT2D eigenvalue weighted by Crippen LogP contribution is 2.42. The van der Waals surface area contributed by atoms with E-state index in [1.54, 1.807) is 43.6 Å². The number of carbonyl (C=O) groups is 2. The third-order valence-corrected chi connectivity index (χ3v) is 5.03. The molecule has 29 heavy (non-hydrogen) atoms. The number of ketones is 1. The fourth-order valence-corrected chi connectivity index (χ4v) is 3.80. The summed E-state index contributed by atoms with van der Waals surface area (Å²) >= 11 is 6.26. The molecule has 0 radical (unpaired) electrons. The van der Waals surface area contributed by atoms with Crippen molar-refractivity contribution in [3.05, 3.63) is 63.9 Å². The van der Waals surface area contributed by atoms with Crippen LogP contribution in [0, 0.1) is 6.92 Å². The first-order valence-electron chi connectivity index (χ1n) is 8.92. The molecule has 0 spiro atoms. The second kappa shape index (κ2) is 8.63. The fraction of sp³-hybridized carbons (Fsp3) is 0.286. The zero-order valence-electron chi connectivity index (χ0n) is 16.3. The number of hydrogen-bond acceptors (Lipinski definition) is 6. The average molecular weight is 417 g/mol. The van der Waals surface area contributed by atoms with Crippen LogP contribution in [-0.2, 0) is 14.3 Å². The molecule has 1 N–H and O–H groups in total. The molecular weight excluding hydrogens is 396 g/mol. The molecule has 152 valence electrons. The Morgan fingerprint density at radius 3 is 2.55 bits per heavy atom. The van der Waals surface area contributed by atoms with E-state index in [-0.39, 0.29) is 35.8 Å². The number of ether oxygens (including phenoxy) is 2. The van der Waals surface area contributed by atoms with E-state index >= 15 is 0 Å². The highest BCUT2D eigenvalue weighted by molar-refractivity contribution is 6.46. The van der Waals surface area contributed by atoms with E-state index in [4.69, 9.17) is 21.1 Å². The van der Waals surface area contributed by atoms with Gasteiger partial charge in [0.2, 0.25) is 0 Å². The molecule has 1 atom stereocenters. The van der Waals surface area contributed by atoms with Crippen LogP contribution in [0.15, 0.2) is 42.2 Å². The van der Waals surface area contributed by atoms with Crippen molar-refractivity contribution in [3.63, 3.8) is 0 Å². The summed E-state index contributed by atoms with van der Waals surface area (Å²) in [5.41, 5.74) is 1.64. The minimum Gasteiger partial charge on any atom is -0.507 e. The van der Waals surface area contributed by atoms with E-state index in [1.165, 1.54) is 19.1 Å². The maximum absolute atomic E-state index is 12.9. The number of aromatic nitrogens is 1. The Labute approximate surface area is 173 Å². The summed E-state index contributed by atoms with van der Waals surface area (Å²) in [6, 6.07) is 5.96. The molecular formula is C21H21ClN2O5. The van der Waals surface area contributed by atoms with Gasteiger partial charge in [0.05, 0.1) is 35.9 Å². The molecule has 1 fully saturated rings. The number of Topliss-reactive ketones (excluding diaryl/α,β-unsaturated/α-hetero) is 1. The lowest BCUT2D eigenvalue weighted by atomic mass is 9.95. The number of aliphatic hydroxyl groups is 1. The van der Waals surface area contributed by atoms with Crippen LogP contribution >= 0.6 is 11.6 Å². The van der Waals surface area contributed by atoms with E-state index in [2.05, 4.69) is 4.98 Å². The summed E-state index contributed by atoms with van der Waals surface area (Å²) < 4.78 is 10.4. The van der Waals surface area contributed by atoms with Gasteiger partial charge in [-0.1, -0.05) is 11.6 Å². The molecule has 0 bridgehead atoms. The standard InChI is InChI=1S/C21H21ClN2O5/c1-12-10-14(20(29-3)15(22)11-12)18(25)16-17(13-4-6-23-7-5-13)24(8-9-28-2)21(27)19(16)26/h4-7,10-11,17,25H,8-9H2,1-3H3/b18-16+. The maximum Gasteiger partial charge on any atom is 0.295 e. The number of halogens is 1. The van der Waals surface area contributed by atoms with Crippen LogP contribution in [0.3, 0.4) is 0 Å². The van der Waals surface area contributed by atoms with Gasteiger partial charge in [0, 0.05) is 26.0 Å². The highest BCUT2D eigenvalue weighted by Gasteiger charge is 2.46. The third kappa shape index (κ3) is 3.83. The van der Waals surface area contributed by atoms with Gasteiger partial charge in [-0.05, 0) is 42.3 Å². The molecule has 1 saturated heterocycles. The van der Waals surface area contributed by atoms with E-state index in [1.807, 2.05) is 0 Å². The fourth-order valence-electron chi connectivity index (χ4n) is 3.45. The zero-order chi connectivity index (χ0) is 21.1. The smallest absolute Gasteiger partial charge is 0.295 e. The van der Waals surface area contributed by atoms with Gasteiger partial charge < -0.3 is 19.5 Å². The van der Waals surface area contributed by atoms with Gasteiger partial charge in [0.15, 0.2) is 0 Å². The molecule has 7 nitrogen and oxygen atoms in total. The number of amides is 1. The van der Waals surface area contributed by atoms with E-state index in [9.17, 15) is 14.7 Å². The van der Waals surface area contributed by atoms with Crippen molar-refractivity contribution in [2.75, 3.05) is 27.4 Å².